The van der Waals surface area contributed by atoms with Gasteiger partial charge in [-0.15, -0.1) is 11.3 Å². The number of likely N-dealkylation sites (tertiary alicyclic amines) is 1. The Morgan fingerprint density at radius 3 is 2.65 bits per heavy atom. The lowest BCUT2D eigenvalue weighted by Crippen LogP contribution is -2.40. The first kappa shape index (κ1) is 21.8. The molecule has 0 radical (unpaired) electrons. The number of carbonyl (C=O) groups excluding carboxylic acids is 2. The summed E-state index contributed by atoms with van der Waals surface area (Å²) in [6, 6.07) is 15.0. The lowest BCUT2D eigenvalue weighted by atomic mass is 9.98. The summed E-state index contributed by atoms with van der Waals surface area (Å²) in [5.41, 5.74) is 2.89. The fraction of sp³-hybridized carbons (Fsp3) is 0.208. The number of aromatic amines is 1. The summed E-state index contributed by atoms with van der Waals surface area (Å²) >= 11 is 1.49. The second-order valence-electron chi connectivity index (χ2n) is 7.99. The number of hydrogen-bond donors (Lipinski definition) is 3. The molecule has 0 aliphatic carbocycles. The average Bonchev–Trinajstić information content (AvgIpc) is 3.56. The molecule has 1 fully saturated rings. The molecule has 0 atom stereocenters. The van der Waals surface area contributed by atoms with E-state index in [1.807, 2.05) is 36.4 Å². The van der Waals surface area contributed by atoms with Gasteiger partial charge >= 0.3 is 6.03 Å². The molecule has 0 unspecified atom stereocenters. The molecule has 0 bridgehead atoms. The quantitative estimate of drug-likeness (QED) is 0.392. The third-order valence-electron chi connectivity index (χ3n) is 5.70. The maximum absolute atomic E-state index is 12.7. The molecular formula is C24H23N7O2S. The molecule has 3 amide bonds. The molecule has 34 heavy (non-hydrogen) atoms. The lowest BCUT2D eigenvalue weighted by molar-refractivity contribution is 0.102. The van der Waals surface area contributed by atoms with E-state index in [2.05, 4.69) is 30.8 Å². The average molecular weight is 474 g/mol. The Bertz CT molecular complexity index is 1260. The van der Waals surface area contributed by atoms with Crippen LogP contribution in [0.15, 0.2) is 66.3 Å². The summed E-state index contributed by atoms with van der Waals surface area (Å²) in [6.45, 7) is 1.23. The molecule has 1 aliphatic rings. The SMILES string of the molecule is O=C(Nc1cccnc1)c1csc(C2CCN(C(=O)Nc3cc(-c4ccccc4)[nH]n3)CC2)n1. The van der Waals surface area contributed by atoms with Crippen LogP contribution in [0.25, 0.3) is 11.3 Å². The summed E-state index contributed by atoms with van der Waals surface area (Å²) < 4.78 is 0. The van der Waals surface area contributed by atoms with Crippen molar-refractivity contribution in [3.05, 3.63) is 77.0 Å². The van der Waals surface area contributed by atoms with Crippen molar-refractivity contribution in [1.29, 1.82) is 0 Å². The van der Waals surface area contributed by atoms with Crippen molar-refractivity contribution in [2.75, 3.05) is 23.7 Å². The molecule has 0 saturated carbocycles. The molecule has 4 aromatic rings. The number of nitrogens with zero attached hydrogens (tertiary/aromatic N) is 4. The van der Waals surface area contributed by atoms with E-state index in [9.17, 15) is 9.59 Å². The Labute approximate surface area is 200 Å². The number of hydrogen-bond acceptors (Lipinski definition) is 6. The first-order chi connectivity index (χ1) is 16.7. The molecule has 3 aromatic heterocycles. The minimum Gasteiger partial charge on any atom is -0.324 e. The number of piperidine rings is 1. The molecule has 172 valence electrons. The van der Waals surface area contributed by atoms with Crippen molar-refractivity contribution < 1.29 is 9.59 Å². The Hall–Kier alpha value is -4.05. The number of urea groups is 1. The first-order valence-corrected chi connectivity index (χ1v) is 11.9. The maximum atomic E-state index is 12.7. The van der Waals surface area contributed by atoms with E-state index >= 15 is 0 Å². The van der Waals surface area contributed by atoms with E-state index in [1.165, 1.54) is 11.3 Å². The second kappa shape index (κ2) is 9.84. The molecule has 4 heterocycles. The third kappa shape index (κ3) is 4.96. The van der Waals surface area contributed by atoms with Gasteiger partial charge in [0.15, 0.2) is 5.82 Å². The van der Waals surface area contributed by atoms with Gasteiger partial charge in [-0.25, -0.2) is 9.78 Å². The Kier molecular flexibility index (Phi) is 6.30. The molecule has 1 saturated heterocycles. The molecule has 0 spiro atoms. The predicted molar refractivity (Wildman–Crippen MR) is 131 cm³/mol. The van der Waals surface area contributed by atoms with Crippen molar-refractivity contribution in [1.82, 2.24) is 25.1 Å². The molecule has 1 aromatic carbocycles. The fourth-order valence-corrected chi connectivity index (χ4v) is 4.85. The molecule has 10 heteroatoms. The van der Waals surface area contributed by atoms with E-state index in [0.717, 1.165) is 29.1 Å². The summed E-state index contributed by atoms with van der Waals surface area (Å²) in [4.78, 5) is 35.5. The largest absolute Gasteiger partial charge is 0.324 e. The molecule has 9 nitrogen and oxygen atoms in total. The van der Waals surface area contributed by atoms with Gasteiger partial charge in [-0.3, -0.25) is 20.2 Å². The van der Waals surface area contributed by atoms with Crippen LogP contribution < -0.4 is 10.6 Å². The van der Waals surface area contributed by atoms with Gasteiger partial charge in [0.2, 0.25) is 0 Å². The number of benzene rings is 1. The van der Waals surface area contributed by atoms with Crippen LogP contribution in [0.4, 0.5) is 16.3 Å². The normalized spacial score (nSPS) is 14.1. The molecule has 3 N–H and O–H groups in total. The zero-order chi connectivity index (χ0) is 23.3. The standard InChI is InChI=1S/C24H23N7O2S/c32-22(26-18-7-4-10-25-14-18)20-15-34-23(27-20)17-8-11-31(12-9-17)24(33)28-21-13-19(29-30-21)16-5-2-1-3-6-16/h1-7,10,13-15,17H,8-9,11-12H2,(H,26,32)(H2,28,29,30,33). The maximum Gasteiger partial charge on any atom is 0.323 e. The molecule has 5 rings (SSSR count). The number of rotatable bonds is 5. The van der Waals surface area contributed by atoms with E-state index in [0.29, 0.717) is 30.3 Å². The van der Waals surface area contributed by atoms with Crippen molar-refractivity contribution in [3.8, 4) is 11.3 Å². The summed E-state index contributed by atoms with van der Waals surface area (Å²) in [5.74, 6) is 0.473. The van der Waals surface area contributed by atoms with Crippen LogP contribution in [0.1, 0.15) is 34.3 Å². The van der Waals surface area contributed by atoms with E-state index in [-0.39, 0.29) is 17.9 Å². The van der Waals surface area contributed by atoms with Gasteiger partial charge in [0.25, 0.3) is 5.91 Å². The van der Waals surface area contributed by atoms with Crippen molar-refractivity contribution >= 4 is 34.8 Å². The first-order valence-electron chi connectivity index (χ1n) is 11.0. The van der Waals surface area contributed by atoms with Crippen LogP contribution >= 0.6 is 11.3 Å². The predicted octanol–water partition coefficient (Wildman–Crippen LogP) is 4.59. The summed E-state index contributed by atoms with van der Waals surface area (Å²) in [7, 11) is 0. The smallest absolute Gasteiger partial charge is 0.323 e. The number of thiazole rings is 1. The second-order valence-corrected chi connectivity index (χ2v) is 8.88. The zero-order valence-electron chi connectivity index (χ0n) is 18.3. The number of amides is 3. The van der Waals surface area contributed by atoms with Gasteiger partial charge in [-0.2, -0.15) is 5.10 Å². The van der Waals surface area contributed by atoms with E-state index < -0.39 is 0 Å². The van der Waals surface area contributed by atoms with Gasteiger partial charge < -0.3 is 10.2 Å². The number of pyridine rings is 1. The zero-order valence-corrected chi connectivity index (χ0v) is 19.1. The molecular weight excluding hydrogens is 450 g/mol. The summed E-state index contributed by atoms with van der Waals surface area (Å²) in [6.07, 6.45) is 4.83. The highest BCUT2D eigenvalue weighted by Gasteiger charge is 2.27. The molecule has 1 aliphatic heterocycles. The number of anilines is 2. The highest BCUT2D eigenvalue weighted by atomic mass is 32.1. The van der Waals surface area contributed by atoms with Crippen LogP contribution in [0, 0.1) is 0 Å². The van der Waals surface area contributed by atoms with E-state index in [1.54, 1.807) is 34.8 Å². The van der Waals surface area contributed by atoms with Crippen LogP contribution in [0.5, 0.6) is 0 Å². The van der Waals surface area contributed by atoms with Crippen LogP contribution in [0.2, 0.25) is 0 Å². The van der Waals surface area contributed by atoms with Crippen LogP contribution in [0.3, 0.4) is 0 Å². The Balaban J connectivity index is 1.14. The third-order valence-corrected chi connectivity index (χ3v) is 6.71. The minimum atomic E-state index is -0.249. The van der Waals surface area contributed by atoms with Crippen molar-refractivity contribution in [2.45, 2.75) is 18.8 Å². The number of aromatic nitrogens is 4. The highest BCUT2D eigenvalue weighted by Crippen LogP contribution is 2.31. The number of carbonyl (C=O) groups is 2. The monoisotopic (exact) mass is 473 g/mol. The van der Waals surface area contributed by atoms with Gasteiger partial charge in [-0.05, 0) is 30.5 Å². The van der Waals surface area contributed by atoms with Crippen LogP contribution in [-0.2, 0) is 0 Å². The van der Waals surface area contributed by atoms with Gasteiger partial charge in [-0.1, -0.05) is 30.3 Å². The highest BCUT2D eigenvalue weighted by molar-refractivity contribution is 7.10. The fourth-order valence-electron chi connectivity index (χ4n) is 3.88. The number of nitrogens with one attached hydrogen (secondary N) is 3. The van der Waals surface area contributed by atoms with Crippen LogP contribution in [-0.4, -0.2) is 50.1 Å². The van der Waals surface area contributed by atoms with Gasteiger partial charge in [0.05, 0.1) is 22.6 Å². The van der Waals surface area contributed by atoms with Crippen molar-refractivity contribution in [2.24, 2.45) is 0 Å². The van der Waals surface area contributed by atoms with Crippen molar-refractivity contribution in [3.63, 3.8) is 0 Å². The Morgan fingerprint density at radius 1 is 1.06 bits per heavy atom. The lowest BCUT2D eigenvalue weighted by Gasteiger charge is -2.30. The Morgan fingerprint density at radius 2 is 1.88 bits per heavy atom. The minimum absolute atomic E-state index is 0.166. The summed E-state index contributed by atoms with van der Waals surface area (Å²) in [5, 5.41) is 15.5. The van der Waals surface area contributed by atoms with E-state index in [4.69, 9.17) is 0 Å². The van der Waals surface area contributed by atoms with Gasteiger partial charge in [0.1, 0.15) is 5.69 Å². The number of H-pyrrole nitrogens is 1. The topological polar surface area (TPSA) is 116 Å². The van der Waals surface area contributed by atoms with Gasteiger partial charge in [0, 0.05) is 36.7 Å².